The third-order valence-corrected chi connectivity index (χ3v) is 4.30. The Kier molecular flexibility index (Phi) is 5.31. The lowest BCUT2D eigenvalue weighted by molar-refractivity contribution is 0.112. The van der Waals surface area contributed by atoms with Crippen LogP contribution in [0, 0.1) is 0 Å². The summed E-state index contributed by atoms with van der Waals surface area (Å²) in [4.78, 5) is 11.6. The number of aldehydes is 1. The van der Waals surface area contributed by atoms with Crippen molar-refractivity contribution in [2.45, 2.75) is 6.42 Å². The van der Waals surface area contributed by atoms with Gasteiger partial charge in [-0.05, 0) is 48.4 Å². The van der Waals surface area contributed by atoms with Crippen LogP contribution in [0.2, 0.25) is 0 Å². The van der Waals surface area contributed by atoms with Gasteiger partial charge in [0.05, 0.1) is 26.0 Å². The highest BCUT2D eigenvalue weighted by molar-refractivity contribution is 5.90. The number of aromatic hydroxyl groups is 1. The lowest BCUT2D eigenvalue weighted by Crippen LogP contribution is -1.97. The monoisotopic (exact) mass is 364 g/mol. The van der Waals surface area contributed by atoms with Crippen LogP contribution in [0.4, 0.5) is 0 Å². The van der Waals surface area contributed by atoms with Crippen LogP contribution in [0.25, 0.3) is 22.5 Å². The molecule has 1 heterocycles. The third kappa shape index (κ3) is 3.44. The van der Waals surface area contributed by atoms with E-state index in [0.29, 0.717) is 40.4 Å². The summed E-state index contributed by atoms with van der Waals surface area (Å²) in [5, 5.41) is 10.3. The summed E-state index contributed by atoms with van der Waals surface area (Å²) in [6, 6.07) is 10.7. The van der Waals surface area contributed by atoms with E-state index in [0.717, 1.165) is 17.4 Å². The Morgan fingerprint density at radius 2 is 1.96 bits per heavy atom. The average molecular weight is 364 g/mol. The van der Waals surface area contributed by atoms with Crippen molar-refractivity contribution in [1.82, 2.24) is 0 Å². The summed E-state index contributed by atoms with van der Waals surface area (Å²) in [5.74, 6) is 1.48. The molecule has 0 unspecified atom stereocenters. The molecule has 5 heteroatoms. The van der Waals surface area contributed by atoms with Crippen molar-refractivity contribution in [3.8, 4) is 39.7 Å². The van der Waals surface area contributed by atoms with Gasteiger partial charge in [0, 0.05) is 16.7 Å². The Morgan fingerprint density at radius 3 is 2.56 bits per heavy atom. The van der Waals surface area contributed by atoms with Crippen LogP contribution in [-0.2, 0) is 6.42 Å². The summed E-state index contributed by atoms with van der Waals surface area (Å²) in [6.07, 6.45) is 4.49. The van der Waals surface area contributed by atoms with Gasteiger partial charge in [0.25, 0.3) is 0 Å². The van der Waals surface area contributed by atoms with E-state index in [9.17, 15) is 9.90 Å². The second-order valence-corrected chi connectivity index (χ2v) is 5.92. The van der Waals surface area contributed by atoms with Gasteiger partial charge >= 0.3 is 0 Å². The average Bonchev–Trinajstić information content (AvgIpc) is 3.23. The van der Waals surface area contributed by atoms with E-state index in [-0.39, 0.29) is 5.75 Å². The first-order chi connectivity index (χ1) is 13.1. The quantitative estimate of drug-likeness (QED) is 0.478. The summed E-state index contributed by atoms with van der Waals surface area (Å²) < 4.78 is 16.3. The lowest BCUT2D eigenvalue weighted by Gasteiger charge is -2.16. The number of methoxy groups -OCH3 is 2. The fourth-order valence-electron chi connectivity index (χ4n) is 3.05. The van der Waals surface area contributed by atoms with E-state index in [1.54, 1.807) is 30.5 Å². The van der Waals surface area contributed by atoms with Gasteiger partial charge in [0.2, 0.25) is 0 Å². The number of rotatable bonds is 7. The molecule has 0 spiro atoms. The standard InChI is InChI=1S/C22H20O5/c1-4-6-14-9-15(12-20(25-2)21(14)24)18-11-16(19-7-5-8-27-19)10-17(13-23)22(18)26-3/h4-5,7-13,24H,1,6H2,2-3H3. The van der Waals surface area contributed by atoms with Crippen LogP contribution in [0.15, 0.2) is 59.7 Å². The molecule has 138 valence electrons. The normalized spacial score (nSPS) is 10.4. The molecule has 0 atom stereocenters. The maximum atomic E-state index is 11.6. The topological polar surface area (TPSA) is 68.9 Å². The molecule has 0 fully saturated rings. The van der Waals surface area contributed by atoms with Crippen LogP contribution in [0.3, 0.4) is 0 Å². The van der Waals surface area contributed by atoms with Crippen LogP contribution in [0.5, 0.6) is 17.2 Å². The molecule has 0 bridgehead atoms. The highest BCUT2D eigenvalue weighted by Gasteiger charge is 2.18. The maximum Gasteiger partial charge on any atom is 0.161 e. The Bertz CT molecular complexity index is 971. The van der Waals surface area contributed by atoms with Gasteiger partial charge < -0.3 is 19.0 Å². The Balaban J connectivity index is 2.29. The number of hydrogen-bond donors (Lipinski definition) is 1. The van der Waals surface area contributed by atoms with Gasteiger partial charge in [0.1, 0.15) is 11.5 Å². The van der Waals surface area contributed by atoms with Crippen molar-refractivity contribution in [2.24, 2.45) is 0 Å². The molecule has 0 aliphatic carbocycles. The number of furan rings is 1. The second-order valence-electron chi connectivity index (χ2n) is 5.92. The summed E-state index contributed by atoms with van der Waals surface area (Å²) >= 11 is 0. The fraction of sp³-hybridized carbons (Fsp3) is 0.136. The van der Waals surface area contributed by atoms with E-state index < -0.39 is 0 Å². The Morgan fingerprint density at radius 1 is 1.15 bits per heavy atom. The van der Waals surface area contributed by atoms with Gasteiger partial charge in [0.15, 0.2) is 17.8 Å². The first-order valence-corrected chi connectivity index (χ1v) is 8.35. The zero-order chi connectivity index (χ0) is 19.4. The predicted octanol–water partition coefficient (Wildman–Crippen LogP) is 4.88. The molecule has 5 nitrogen and oxygen atoms in total. The van der Waals surface area contributed by atoms with E-state index in [1.807, 2.05) is 18.2 Å². The molecule has 1 N–H and O–H groups in total. The number of phenols is 1. The molecule has 2 aromatic carbocycles. The minimum absolute atomic E-state index is 0.0675. The molecule has 1 aromatic heterocycles. The molecule has 3 rings (SSSR count). The Hall–Kier alpha value is -3.47. The van der Waals surface area contributed by atoms with Gasteiger partial charge in [-0.1, -0.05) is 6.08 Å². The molecule has 0 saturated carbocycles. The SMILES string of the molecule is C=CCc1cc(-c2cc(-c3ccco3)cc(C=O)c2OC)cc(OC)c1O. The molecule has 0 amide bonds. The minimum Gasteiger partial charge on any atom is -0.504 e. The first kappa shape index (κ1) is 18.3. The molecule has 0 aliphatic rings. The summed E-state index contributed by atoms with van der Waals surface area (Å²) in [7, 11) is 3.00. The van der Waals surface area contributed by atoms with Crippen molar-refractivity contribution >= 4 is 6.29 Å². The molecule has 27 heavy (non-hydrogen) atoms. The molecular formula is C22H20O5. The van der Waals surface area contributed by atoms with Gasteiger partial charge in [-0.3, -0.25) is 4.79 Å². The molecule has 0 saturated heterocycles. The lowest BCUT2D eigenvalue weighted by atomic mass is 9.95. The van der Waals surface area contributed by atoms with Crippen molar-refractivity contribution in [1.29, 1.82) is 0 Å². The van der Waals surface area contributed by atoms with E-state index in [4.69, 9.17) is 13.9 Å². The second kappa shape index (κ2) is 7.83. The smallest absolute Gasteiger partial charge is 0.161 e. The third-order valence-electron chi connectivity index (χ3n) is 4.30. The number of phenolic OH excluding ortho intramolecular Hbond substituents is 1. The zero-order valence-electron chi connectivity index (χ0n) is 15.2. The fourth-order valence-corrected chi connectivity index (χ4v) is 3.05. The summed E-state index contributed by atoms with van der Waals surface area (Å²) in [6.45, 7) is 3.73. The van der Waals surface area contributed by atoms with Crippen LogP contribution in [-0.4, -0.2) is 25.6 Å². The van der Waals surface area contributed by atoms with Crippen LogP contribution >= 0.6 is 0 Å². The number of ether oxygens (including phenoxy) is 2. The van der Waals surface area contributed by atoms with E-state index in [2.05, 4.69) is 6.58 Å². The number of hydrogen-bond acceptors (Lipinski definition) is 5. The first-order valence-electron chi connectivity index (χ1n) is 8.35. The number of carbonyl (C=O) groups is 1. The zero-order valence-corrected chi connectivity index (χ0v) is 15.2. The highest BCUT2D eigenvalue weighted by atomic mass is 16.5. The van der Waals surface area contributed by atoms with Gasteiger partial charge in [-0.25, -0.2) is 0 Å². The molecular weight excluding hydrogens is 344 g/mol. The van der Waals surface area contributed by atoms with Crippen LogP contribution < -0.4 is 9.47 Å². The molecule has 3 aromatic rings. The highest BCUT2D eigenvalue weighted by Crippen LogP contribution is 2.42. The summed E-state index contributed by atoms with van der Waals surface area (Å²) in [5.41, 5.74) is 3.25. The molecule has 0 radical (unpaired) electrons. The van der Waals surface area contributed by atoms with Crippen molar-refractivity contribution < 1.29 is 23.8 Å². The van der Waals surface area contributed by atoms with Crippen molar-refractivity contribution in [3.63, 3.8) is 0 Å². The van der Waals surface area contributed by atoms with Crippen molar-refractivity contribution in [3.05, 3.63) is 66.4 Å². The van der Waals surface area contributed by atoms with E-state index >= 15 is 0 Å². The van der Waals surface area contributed by atoms with Gasteiger partial charge in [-0.2, -0.15) is 0 Å². The molecule has 0 aliphatic heterocycles. The Labute approximate surface area is 157 Å². The number of carbonyl (C=O) groups excluding carboxylic acids is 1. The predicted molar refractivity (Wildman–Crippen MR) is 104 cm³/mol. The largest absolute Gasteiger partial charge is 0.504 e. The van der Waals surface area contributed by atoms with Crippen LogP contribution in [0.1, 0.15) is 15.9 Å². The van der Waals surface area contributed by atoms with Crippen molar-refractivity contribution in [2.75, 3.05) is 14.2 Å². The maximum absolute atomic E-state index is 11.6. The minimum atomic E-state index is 0.0675. The van der Waals surface area contributed by atoms with Gasteiger partial charge in [-0.15, -0.1) is 6.58 Å². The number of allylic oxidation sites excluding steroid dienone is 1. The van der Waals surface area contributed by atoms with E-state index in [1.165, 1.54) is 14.2 Å². The number of benzene rings is 2.